The van der Waals surface area contributed by atoms with E-state index in [2.05, 4.69) is 5.32 Å². The number of carbonyl (C=O) groups is 1. The van der Waals surface area contributed by atoms with Crippen LogP contribution in [-0.4, -0.2) is 15.5 Å². The first-order valence-corrected chi connectivity index (χ1v) is 11.3. The summed E-state index contributed by atoms with van der Waals surface area (Å²) in [4.78, 5) is 17.3. The Kier molecular flexibility index (Phi) is 5.58. The first-order valence-electron chi connectivity index (χ1n) is 10.0. The van der Waals surface area contributed by atoms with E-state index in [0.29, 0.717) is 10.6 Å². The SMILES string of the molecule is O=C(Nc1ccc(-c2csc(-c3ccc(Cl)cc3)n2)cc1)c1ccc(-n2cccc2)cc1. The summed E-state index contributed by atoms with van der Waals surface area (Å²) >= 11 is 7.56. The van der Waals surface area contributed by atoms with Crippen LogP contribution in [0.5, 0.6) is 0 Å². The fourth-order valence-electron chi connectivity index (χ4n) is 3.35. The van der Waals surface area contributed by atoms with E-state index in [-0.39, 0.29) is 5.91 Å². The summed E-state index contributed by atoms with van der Waals surface area (Å²) in [5.74, 6) is -0.143. The van der Waals surface area contributed by atoms with Crippen molar-refractivity contribution in [3.63, 3.8) is 0 Å². The summed E-state index contributed by atoms with van der Waals surface area (Å²) < 4.78 is 2.00. The number of rotatable bonds is 5. The molecule has 3 aromatic carbocycles. The van der Waals surface area contributed by atoms with Crippen LogP contribution in [0, 0.1) is 0 Å². The third-order valence-electron chi connectivity index (χ3n) is 5.07. The van der Waals surface area contributed by atoms with E-state index >= 15 is 0 Å². The molecular weight excluding hydrogens is 438 g/mol. The van der Waals surface area contributed by atoms with Crippen LogP contribution >= 0.6 is 22.9 Å². The van der Waals surface area contributed by atoms with Gasteiger partial charge in [-0.2, -0.15) is 0 Å². The summed E-state index contributed by atoms with van der Waals surface area (Å²) in [5.41, 5.74) is 5.29. The maximum absolute atomic E-state index is 12.6. The molecule has 0 spiro atoms. The number of hydrogen-bond donors (Lipinski definition) is 1. The predicted molar refractivity (Wildman–Crippen MR) is 132 cm³/mol. The highest BCUT2D eigenvalue weighted by molar-refractivity contribution is 7.13. The van der Waals surface area contributed by atoms with Gasteiger partial charge < -0.3 is 9.88 Å². The van der Waals surface area contributed by atoms with Crippen molar-refractivity contribution in [1.82, 2.24) is 9.55 Å². The molecule has 0 aliphatic rings. The molecule has 156 valence electrons. The van der Waals surface area contributed by atoms with Crippen molar-refractivity contribution in [2.24, 2.45) is 0 Å². The van der Waals surface area contributed by atoms with Gasteiger partial charge in [0.2, 0.25) is 0 Å². The van der Waals surface area contributed by atoms with Gasteiger partial charge in [-0.15, -0.1) is 11.3 Å². The lowest BCUT2D eigenvalue weighted by molar-refractivity contribution is 0.102. The number of aromatic nitrogens is 2. The van der Waals surface area contributed by atoms with Gasteiger partial charge in [0, 0.05) is 50.9 Å². The van der Waals surface area contributed by atoms with Crippen LogP contribution in [0.15, 0.2) is 103 Å². The average molecular weight is 456 g/mol. The lowest BCUT2D eigenvalue weighted by Gasteiger charge is -2.08. The van der Waals surface area contributed by atoms with Gasteiger partial charge in [-0.1, -0.05) is 35.9 Å². The third-order valence-corrected chi connectivity index (χ3v) is 6.21. The molecule has 5 rings (SSSR count). The Bertz CT molecular complexity index is 1340. The van der Waals surface area contributed by atoms with Crippen LogP contribution < -0.4 is 5.32 Å². The Hall–Kier alpha value is -3.67. The second-order valence-electron chi connectivity index (χ2n) is 7.21. The Labute approximate surface area is 194 Å². The Morgan fingerprint density at radius 1 is 0.844 bits per heavy atom. The highest BCUT2D eigenvalue weighted by atomic mass is 35.5. The zero-order chi connectivity index (χ0) is 21.9. The zero-order valence-electron chi connectivity index (χ0n) is 16.9. The van der Waals surface area contributed by atoms with Gasteiger partial charge >= 0.3 is 0 Å². The van der Waals surface area contributed by atoms with Crippen LogP contribution in [0.25, 0.3) is 27.5 Å². The molecule has 0 aliphatic heterocycles. The highest BCUT2D eigenvalue weighted by Crippen LogP contribution is 2.30. The molecule has 0 bridgehead atoms. The lowest BCUT2D eigenvalue weighted by atomic mass is 10.1. The summed E-state index contributed by atoms with van der Waals surface area (Å²) in [6, 6.07) is 26.8. The van der Waals surface area contributed by atoms with Crippen molar-refractivity contribution in [3.8, 4) is 27.5 Å². The summed E-state index contributed by atoms with van der Waals surface area (Å²) in [7, 11) is 0. The monoisotopic (exact) mass is 455 g/mol. The van der Waals surface area contributed by atoms with E-state index in [1.165, 1.54) is 0 Å². The van der Waals surface area contributed by atoms with E-state index in [4.69, 9.17) is 16.6 Å². The molecule has 0 radical (unpaired) electrons. The quantitative estimate of drug-likeness (QED) is 0.305. The van der Waals surface area contributed by atoms with E-state index < -0.39 is 0 Å². The van der Waals surface area contributed by atoms with Crippen LogP contribution in [0.1, 0.15) is 10.4 Å². The van der Waals surface area contributed by atoms with E-state index in [0.717, 1.165) is 33.2 Å². The minimum absolute atomic E-state index is 0.143. The van der Waals surface area contributed by atoms with Gasteiger partial charge in [-0.25, -0.2) is 4.98 Å². The molecule has 0 atom stereocenters. The number of hydrogen-bond acceptors (Lipinski definition) is 3. The number of thiazole rings is 1. The van der Waals surface area contributed by atoms with Crippen molar-refractivity contribution >= 4 is 34.5 Å². The highest BCUT2D eigenvalue weighted by Gasteiger charge is 2.09. The smallest absolute Gasteiger partial charge is 0.255 e. The Morgan fingerprint density at radius 3 is 2.19 bits per heavy atom. The zero-order valence-corrected chi connectivity index (χ0v) is 18.5. The van der Waals surface area contributed by atoms with Gasteiger partial charge in [0.25, 0.3) is 5.91 Å². The van der Waals surface area contributed by atoms with Crippen molar-refractivity contribution < 1.29 is 4.79 Å². The maximum Gasteiger partial charge on any atom is 0.255 e. The number of nitrogens with zero attached hydrogens (tertiary/aromatic N) is 2. The number of benzene rings is 3. The molecule has 1 amide bonds. The molecule has 1 N–H and O–H groups in total. The van der Waals surface area contributed by atoms with Gasteiger partial charge in [0.05, 0.1) is 5.69 Å². The summed E-state index contributed by atoms with van der Waals surface area (Å²) in [6.07, 6.45) is 3.94. The minimum Gasteiger partial charge on any atom is -0.324 e. The molecule has 4 nitrogen and oxygen atoms in total. The normalized spacial score (nSPS) is 10.8. The number of nitrogens with one attached hydrogen (secondary N) is 1. The summed E-state index contributed by atoms with van der Waals surface area (Å²) in [6.45, 7) is 0. The molecule has 5 aromatic rings. The molecule has 0 saturated heterocycles. The molecule has 0 aliphatic carbocycles. The molecular formula is C26H18ClN3OS. The number of halogens is 1. The van der Waals surface area contributed by atoms with Crippen molar-refractivity contribution in [2.45, 2.75) is 0 Å². The minimum atomic E-state index is -0.143. The van der Waals surface area contributed by atoms with Gasteiger partial charge in [-0.3, -0.25) is 4.79 Å². The van der Waals surface area contributed by atoms with Crippen molar-refractivity contribution in [3.05, 3.63) is 113 Å². The fourth-order valence-corrected chi connectivity index (χ4v) is 4.31. The average Bonchev–Trinajstić information content (AvgIpc) is 3.53. The first-order chi connectivity index (χ1) is 15.7. The van der Waals surface area contributed by atoms with Gasteiger partial charge in [0.15, 0.2) is 0 Å². The second-order valence-corrected chi connectivity index (χ2v) is 8.51. The van der Waals surface area contributed by atoms with Crippen molar-refractivity contribution in [2.75, 3.05) is 5.32 Å². The lowest BCUT2D eigenvalue weighted by Crippen LogP contribution is -2.11. The van der Waals surface area contributed by atoms with Crippen LogP contribution in [-0.2, 0) is 0 Å². The molecule has 6 heteroatoms. The third kappa shape index (κ3) is 4.35. The van der Waals surface area contributed by atoms with Gasteiger partial charge in [0.1, 0.15) is 5.01 Å². The largest absolute Gasteiger partial charge is 0.324 e. The number of carbonyl (C=O) groups excluding carboxylic acids is 1. The number of amides is 1. The molecule has 0 saturated carbocycles. The first kappa shape index (κ1) is 20.2. The molecule has 0 unspecified atom stereocenters. The maximum atomic E-state index is 12.6. The predicted octanol–water partition coefficient (Wildman–Crippen LogP) is 7.17. The molecule has 2 aromatic heterocycles. The van der Waals surface area contributed by atoms with E-state index in [1.54, 1.807) is 11.3 Å². The van der Waals surface area contributed by atoms with Crippen LogP contribution in [0.2, 0.25) is 5.02 Å². The standard InChI is InChI=1S/C26H18ClN3OS/c27-21-9-3-20(4-10-21)26-29-24(17-32-26)18-5-11-22(12-6-18)28-25(31)19-7-13-23(14-8-19)30-15-1-2-16-30/h1-17H,(H,28,31). The topological polar surface area (TPSA) is 46.9 Å². The fraction of sp³-hybridized carbons (Fsp3) is 0. The molecule has 32 heavy (non-hydrogen) atoms. The summed E-state index contributed by atoms with van der Waals surface area (Å²) in [5, 5.41) is 6.63. The van der Waals surface area contributed by atoms with E-state index in [9.17, 15) is 4.79 Å². The second kappa shape index (κ2) is 8.83. The van der Waals surface area contributed by atoms with E-state index in [1.807, 2.05) is 107 Å². The Morgan fingerprint density at radius 2 is 1.50 bits per heavy atom. The Balaban J connectivity index is 1.27. The van der Waals surface area contributed by atoms with Gasteiger partial charge in [-0.05, 0) is 60.7 Å². The number of anilines is 1. The van der Waals surface area contributed by atoms with Crippen molar-refractivity contribution in [1.29, 1.82) is 0 Å². The molecule has 0 fully saturated rings. The van der Waals surface area contributed by atoms with Crippen LogP contribution in [0.3, 0.4) is 0 Å². The molecule has 2 heterocycles. The van der Waals surface area contributed by atoms with Crippen LogP contribution in [0.4, 0.5) is 5.69 Å².